The molecular weight excluding hydrogens is 212 g/mol. The molecule has 6 atom stereocenters. The molecule has 4 rings (SSSR count). The lowest BCUT2D eigenvalue weighted by Gasteiger charge is -2.21. The Morgan fingerprint density at radius 3 is 2.47 bits per heavy atom. The van der Waals surface area contributed by atoms with E-state index >= 15 is 0 Å². The molecule has 2 saturated heterocycles. The molecule has 4 fully saturated rings. The standard InChI is InChI=1S/C15H24O2/c1-9(2)13-7-5-10(3)14-8-6-11(4)15(14,17-14)12(13)16-13/h9-12H,5-8H2,1-4H3/t10-,11-,12-,13+,14+,15-/m0/s1. The van der Waals surface area contributed by atoms with Crippen molar-refractivity contribution in [2.45, 2.75) is 76.3 Å². The highest BCUT2D eigenvalue weighted by atomic mass is 16.7. The summed E-state index contributed by atoms with van der Waals surface area (Å²) >= 11 is 0. The van der Waals surface area contributed by atoms with Crippen molar-refractivity contribution in [2.24, 2.45) is 17.8 Å². The predicted molar refractivity (Wildman–Crippen MR) is 65.8 cm³/mol. The number of hydrogen-bond donors (Lipinski definition) is 0. The smallest absolute Gasteiger partial charge is 0.130 e. The average Bonchev–Trinajstić information content (AvgIpc) is 3.14. The number of rotatable bonds is 1. The van der Waals surface area contributed by atoms with Gasteiger partial charge in [0.2, 0.25) is 0 Å². The van der Waals surface area contributed by atoms with E-state index in [4.69, 9.17) is 9.47 Å². The van der Waals surface area contributed by atoms with Crippen molar-refractivity contribution in [1.29, 1.82) is 0 Å². The van der Waals surface area contributed by atoms with E-state index in [9.17, 15) is 0 Å². The maximum Gasteiger partial charge on any atom is 0.130 e. The first kappa shape index (κ1) is 10.8. The number of hydrogen-bond acceptors (Lipinski definition) is 2. The van der Waals surface area contributed by atoms with Crippen molar-refractivity contribution < 1.29 is 9.47 Å². The molecule has 0 unspecified atom stereocenters. The maximum atomic E-state index is 6.40. The van der Waals surface area contributed by atoms with Gasteiger partial charge in [-0.05, 0) is 43.4 Å². The largest absolute Gasteiger partial charge is 0.362 e. The van der Waals surface area contributed by atoms with E-state index in [2.05, 4.69) is 27.7 Å². The van der Waals surface area contributed by atoms with Gasteiger partial charge in [0.1, 0.15) is 22.9 Å². The summed E-state index contributed by atoms with van der Waals surface area (Å²) in [6, 6.07) is 0. The molecule has 2 nitrogen and oxygen atoms in total. The minimum absolute atomic E-state index is 0.104. The van der Waals surface area contributed by atoms with Crippen LogP contribution in [0.2, 0.25) is 0 Å². The van der Waals surface area contributed by atoms with Crippen LogP contribution in [0.1, 0.15) is 53.4 Å². The van der Waals surface area contributed by atoms with Crippen LogP contribution in [0.25, 0.3) is 0 Å². The molecule has 17 heavy (non-hydrogen) atoms. The fourth-order valence-corrected chi connectivity index (χ4v) is 5.18. The minimum Gasteiger partial charge on any atom is -0.362 e. The van der Waals surface area contributed by atoms with Gasteiger partial charge in [0.05, 0.1) is 0 Å². The zero-order chi connectivity index (χ0) is 12.1. The Kier molecular flexibility index (Phi) is 1.75. The molecule has 4 aliphatic rings. The second-order valence-corrected chi connectivity index (χ2v) is 7.27. The van der Waals surface area contributed by atoms with Gasteiger partial charge in [-0.25, -0.2) is 0 Å². The summed E-state index contributed by atoms with van der Waals surface area (Å²) in [5, 5.41) is 0. The van der Waals surface area contributed by atoms with Gasteiger partial charge >= 0.3 is 0 Å². The van der Waals surface area contributed by atoms with E-state index in [1.165, 1.54) is 25.7 Å². The van der Waals surface area contributed by atoms with Gasteiger partial charge in [-0.1, -0.05) is 27.7 Å². The molecule has 0 aromatic carbocycles. The molecule has 0 N–H and O–H groups in total. The second-order valence-electron chi connectivity index (χ2n) is 7.27. The molecule has 96 valence electrons. The predicted octanol–water partition coefficient (Wildman–Crippen LogP) is 3.15. The number of epoxide rings is 2. The number of ether oxygens (including phenoxy) is 2. The highest BCUT2D eigenvalue weighted by molar-refractivity contribution is 5.36. The van der Waals surface area contributed by atoms with Gasteiger partial charge in [-0.2, -0.15) is 0 Å². The first-order valence-electron chi connectivity index (χ1n) is 7.37. The van der Waals surface area contributed by atoms with E-state index in [1.807, 2.05) is 0 Å². The summed E-state index contributed by atoms with van der Waals surface area (Å²) in [5.41, 5.74) is 0.461. The summed E-state index contributed by atoms with van der Waals surface area (Å²) in [4.78, 5) is 0. The first-order chi connectivity index (χ1) is 8.00. The Morgan fingerprint density at radius 2 is 1.76 bits per heavy atom. The Morgan fingerprint density at radius 1 is 1.06 bits per heavy atom. The van der Waals surface area contributed by atoms with Gasteiger partial charge in [0.15, 0.2) is 0 Å². The van der Waals surface area contributed by atoms with Crippen molar-refractivity contribution in [3.05, 3.63) is 0 Å². The lowest BCUT2D eigenvalue weighted by atomic mass is 9.78. The van der Waals surface area contributed by atoms with Crippen molar-refractivity contribution in [1.82, 2.24) is 0 Å². The fraction of sp³-hybridized carbons (Fsp3) is 1.00. The summed E-state index contributed by atoms with van der Waals surface area (Å²) < 4.78 is 12.7. The van der Waals surface area contributed by atoms with E-state index in [0.717, 1.165) is 5.92 Å². The highest BCUT2D eigenvalue weighted by Gasteiger charge is 2.88. The van der Waals surface area contributed by atoms with Crippen LogP contribution in [0.4, 0.5) is 0 Å². The van der Waals surface area contributed by atoms with Crippen LogP contribution >= 0.6 is 0 Å². The van der Waals surface area contributed by atoms with Gasteiger partial charge < -0.3 is 9.47 Å². The molecule has 2 aliphatic heterocycles. The zero-order valence-electron chi connectivity index (χ0n) is 11.5. The first-order valence-corrected chi connectivity index (χ1v) is 7.37. The molecule has 0 aromatic rings. The summed E-state index contributed by atoms with van der Waals surface area (Å²) in [6.07, 6.45) is 5.53. The normalized spacial score (nSPS) is 63.7. The SMILES string of the molecule is CC(C)[C@]12CC[C@H](C)[C@]34CC[C@H](C)[C@]3(O4)[C@H]1O2. The molecule has 0 radical (unpaired) electrons. The van der Waals surface area contributed by atoms with Crippen molar-refractivity contribution in [3.63, 3.8) is 0 Å². The Labute approximate surface area is 104 Å². The van der Waals surface area contributed by atoms with E-state index < -0.39 is 0 Å². The van der Waals surface area contributed by atoms with E-state index in [1.54, 1.807) is 0 Å². The van der Waals surface area contributed by atoms with Crippen molar-refractivity contribution >= 4 is 0 Å². The third kappa shape index (κ3) is 0.920. The van der Waals surface area contributed by atoms with Gasteiger partial charge in [-0.3, -0.25) is 0 Å². The molecule has 0 aromatic heterocycles. The molecule has 2 aliphatic carbocycles. The van der Waals surface area contributed by atoms with Crippen LogP contribution in [0.3, 0.4) is 0 Å². The summed E-state index contributed by atoms with van der Waals surface area (Å²) in [6.45, 7) is 9.41. The molecule has 0 spiro atoms. The van der Waals surface area contributed by atoms with Crippen LogP contribution in [0.15, 0.2) is 0 Å². The van der Waals surface area contributed by atoms with Crippen LogP contribution in [-0.2, 0) is 9.47 Å². The van der Waals surface area contributed by atoms with Crippen LogP contribution < -0.4 is 0 Å². The summed E-state index contributed by atoms with van der Waals surface area (Å²) in [7, 11) is 0. The van der Waals surface area contributed by atoms with Gasteiger partial charge in [-0.15, -0.1) is 0 Å². The van der Waals surface area contributed by atoms with Crippen molar-refractivity contribution in [3.8, 4) is 0 Å². The van der Waals surface area contributed by atoms with Crippen LogP contribution in [0, 0.1) is 17.8 Å². The quantitative estimate of drug-likeness (QED) is 0.653. The second kappa shape index (κ2) is 2.75. The molecule has 0 bridgehead atoms. The molecule has 2 saturated carbocycles. The van der Waals surface area contributed by atoms with Gasteiger partial charge in [0, 0.05) is 0 Å². The van der Waals surface area contributed by atoms with Gasteiger partial charge in [0.25, 0.3) is 0 Å². The van der Waals surface area contributed by atoms with Crippen LogP contribution in [-0.4, -0.2) is 22.9 Å². The topological polar surface area (TPSA) is 25.1 Å². The third-order valence-corrected chi connectivity index (χ3v) is 6.51. The minimum atomic E-state index is 0.104. The molecule has 0 amide bonds. The monoisotopic (exact) mass is 236 g/mol. The summed E-state index contributed by atoms with van der Waals surface area (Å²) in [5.74, 6) is 2.04. The number of fused-ring (bicyclic) bond motifs is 1. The molecule has 2 heterocycles. The van der Waals surface area contributed by atoms with E-state index in [-0.39, 0.29) is 16.8 Å². The highest BCUT2D eigenvalue weighted by Crippen LogP contribution is 2.76. The maximum absolute atomic E-state index is 6.40. The van der Waals surface area contributed by atoms with E-state index in [0.29, 0.717) is 17.9 Å². The lowest BCUT2D eigenvalue weighted by molar-refractivity contribution is 0.131. The Hall–Kier alpha value is -0.0800. The lowest BCUT2D eigenvalue weighted by Crippen LogP contribution is -2.37. The Balaban J connectivity index is 1.77. The van der Waals surface area contributed by atoms with Crippen molar-refractivity contribution in [2.75, 3.05) is 0 Å². The zero-order valence-corrected chi connectivity index (χ0v) is 11.5. The molecule has 2 heteroatoms. The van der Waals surface area contributed by atoms with Crippen LogP contribution in [0.5, 0.6) is 0 Å². The molecular formula is C15H24O2. The third-order valence-electron chi connectivity index (χ3n) is 6.51. The Bertz CT molecular complexity index is 379. The fourth-order valence-electron chi connectivity index (χ4n) is 5.18. The average molecular weight is 236 g/mol.